The first kappa shape index (κ1) is 16.7. The van der Waals surface area contributed by atoms with Crippen molar-refractivity contribution in [3.05, 3.63) is 53.3 Å². The van der Waals surface area contributed by atoms with Gasteiger partial charge in [-0.15, -0.1) is 0 Å². The molecule has 122 valence electrons. The fourth-order valence-electron chi connectivity index (χ4n) is 2.37. The van der Waals surface area contributed by atoms with Crippen LogP contribution >= 0.6 is 0 Å². The first-order chi connectivity index (χ1) is 10.9. The predicted molar refractivity (Wildman–Crippen MR) is 86.3 cm³/mol. The third kappa shape index (κ3) is 4.18. The minimum atomic E-state index is -0.966. The van der Waals surface area contributed by atoms with Crippen molar-refractivity contribution in [1.82, 2.24) is 15.1 Å². The van der Waals surface area contributed by atoms with E-state index in [9.17, 15) is 9.59 Å². The molecule has 1 atom stereocenters. The lowest BCUT2D eigenvalue weighted by molar-refractivity contribution is -0.137. The molecule has 0 radical (unpaired) electrons. The monoisotopic (exact) mass is 315 g/mol. The standard InChI is InChI=1S/C17H21N3O3/c1-11(2)20-9-8-14(19-20)17(23)18-15(10-16(21)22)13-7-5-4-6-12(13)3/h4-9,11,15H,10H2,1-3H3,(H,18,23)(H,21,22)/t15-/m1/s1. The second kappa shape index (κ2) is 7.09. The molecule has 1 amide bonds. The zero-order chi connectivity index (χ0) is 17.0. The molecule has 23 heavy (non-hydrogen) atoms. The Morgan fingerprint density at radius 3 is 2.52 bits per heavy atom. The lowest BCUT2D eigenvalue weighted by Gasteiger charge is -2.19. The van der Waals surface area contributed by atoms with Crippen molar-refractivity contribution in [2.45, 2.75) is 39.3 Å². The molecule has 6 nitrogen and oxygen atoms in total. The zero-order valence-corrected chi connectivity index (χ0v) is 13.5. The molecule has 0 aliphatic carbocycles. The second-order valence-corrected chi connectivity index (χ2v) is 5.76. The molecule has 2 rings (SSSR count). The van der Waals surface area contributed by atoms with Crippen molar-refractivity contribution in [3.63, 3.8) is 0 Å². The molecule has 0 saturated heterocycles. The molecule has 0 aliphatic rings. The van der Waals surface area contributed by atoms with E-state index in [4.69, 9.17) is 5.11 Å². The Morgan fingerprint density at radius 1 is 1.26 bits per heavy atom. The van der Waals surface area contributed by atoms with Crippen LogP contribution in [0.3, 0.4) is 0 Å². The maximum absolute atomic E-state index is 12.4. The Hall–Kier alpha value is -2.63. The zero-order valence-electron chi connectivity index (χ0n) is 13.5. The van der Waals surface area contributed by atoms with Gasteiger partial charge in [-0.05, 0) is 38.0 Å². The summed E-state index contributed by atoms with van der Waals surface area (Å²) >= 11 is 0. The van der Waals surface area contributed by atoms with Crippen LogP contribution in [-0.4, -0.2) is 26.8 Å². The smallest absolute Gasteiger partial charge is 0.305 e. The number of benzene rings is 1. The summed E-state index contributed by atoms with van der Waals surface area (Å²) in [6, 6.07) is 8.62. The minimum absolute atomic E-state index is 0.155. The van der Waals surface area contributed by atoms with Crippen molar-refractivity contribution in [2.75, 3.05) is 0 Å². The number of carbonyl (C=O) groups excluding carboxylic acids is 1. The number of aliphatic carboxylic acids is 1. The molecule has 2 N–H and O–H groups in total. The Kier molecular flexibility index (Phi) is 5.16. The first-order valence-corrected chi connectivity index (χ1v) is 7.52. The largest absolute Gasteiger partial charge is 0.481 e. The van der Waals surface area contributed by atoms with E-state index in [0.717, 1.165) is 11.1 Å². The average Bonchev–Trinajstić information content (AvgIpc) is 2.96. The topological polar surface area (TPSA) is 84.2 Å². The molecule has 0 bridgehead atoms. The van der Waals surface area contributed by atoms with Crippen LogP contribution < -0.4 is 5.32 Å². The highest BCUT2D eigenvalue weighted by Gasteiger charge is 2.21. The van der Waals surface area contributed by atoms with E-state index in [1.807, 2.05) is 45.0 Å². The Morgan fingerprint density at radius 2 is 1.96 bits per heavy atom. The van der Waals surface area contributed by atoms with E-state index in [2.05, 4.69) is 10.4 Å². The van der Waals surface area contributed by atoms with Crippen LogP contribution in [0.5, 0.6) is 0 Å². The van der Waals surface area contributed by atoms with Crippen LogP contribution in [0.2, 0.25) is 0 Å². The first-order valence-electron chi connectivity index (χ1n) is 7.52. The van der Waals surface area contributed by atoms with Crippen molar-refractivity contribution in [1.29, 1.82) is 0 Å². The van der Waals surface area contributed by atoms with Gasteiger partial charge in [0.25, 0.3) is 5.91 Å². The molecular weight excluding hydrogens is 294 g/mol. The molecule has 0 unspecified atom stereocenters. The lowest BCUT2D eigenvalue weighted by Crippen LogP contribution is -2.31. The van der Waals surface area contributed by atoms with Crippen LogP contribution in [0, 0.1) is 6.92 Å². The maximum atomic E-state index is 12.4. The Labute approximate surface area is 135 Å². The van der Waals surface area contributed by atoms with Crippen LogP contribution in [0.4, 0.5) is 0 Å². The van der Waals surface area contributed by atoms with E-state index in [-0.39, 0.29) is 24.1 Å². The highest BCUT2D eigenvalue weighted by atomic mass is 16.4. The van der Waals surface area contributed by atoms with Gasteiger partial charge in [-0.3, -0.25) is 14.3 Å². The molecule has 0 aliphatic heterocycles. The van der Waals surface area contributed by atoms with Crippen molar-refractivity contribution < 1.29 is 14.7 Å². The summed E-state index contributed by atoms with van der Waals surface area (Å²) in [6.07, 6.45) is 1.56. The second-order valence-electron chi connectivity index (χ2n) is 5.76. The number of aromatic nitrogens is 2. The molecule has 2 aromatic rings. The van der Waals surface area contributed by atoms with Gasteiger partial charge >= 0.3 is 5.97 Å². The molecule has 0 saturated carbocycles. The van der Waals surface area contributed by atoms with Gasteiger partial charge in [0.15, 0.2) is 0 Å². The SMILES string of the molecule is Cc1ccccc1[C@@H](CC(=O)O)NC(=O)c1ccn(C(C)C)n1. The highest BCUT2D eigenvalue weighted by molar-refractivity contribution is 5.92. The van der Waals surface area contributed by atoms with Gasteiger partial charge < -0.3 is 10.4 Å². The van der Waals surface area contributed by atoms with Crippen LogP contribution in [0.25, 0.3) is 0 Å². The normalized spacial score (nSPS) is 12.2. The fourth-order valence-corrected chi connectivity index (χ4v) is 2.37. The summed E-state index contributed by atoms with van der Waals surface area (Å²) in [5.41, 5.74) is 2.01. The third-order valence-electron chi connectivity index (χ3n) is 3.62. The molecule has 1 aromatic carbocycles. The number of rotatable bonds is 6. The van der Waals surface area contributed by atoms with E-state index in [1.165, 1.54) is 0 Å². The number of hydrogen-bond acceptors (Lipinski definition) is 3. The molecular formula is C17H21N3O3. The average molecular weight is 315 g/mol. The molecule has 1 aromatic heterocycles. The van der Waals surface area contributed by atoms with Gasteiger partial charge in [0.2, 0.25) is 0 Å². The predicted octanol–water partition coefficient (Wildman–Crippen LogP) is 2.72. The van der Waals surface area contributed by atoms with Crippen LogP contribution in [0.1, 0.15) is 54.0 Å². The summed E-state index contributed by atoms with van der Waals surface area (Å²) < 4.78 is 1.69. The minimum Gasteiger partial charge on any atom is -0.481 e. The number of hydrogen-bond donors (Lipinski definition) is 2. The van der Waals surface area contributed by atoms with Gasteiger partial charge in [0.05, 0.1) is 12.5 Å². The third-order valence-corrected chi connectivity index (χ3v) is 3.62. The summed E-state index contributed by atoms with van der Waals surface area (Å²) in [4.78, 5) is 23.5. The molecule has 6 heteroatoms. The summed E-state index contributed by atoms with van der Waals surface area (Å²) in [5.74, 6) is -1.34. The molecule has 1 heterocycles. The van der Waals surface area contributed by atoms with Crippen LogP contribution in [-0.2, 0) is 4.79 Å². The lowest BCUT2D eigenvalue weighted by atomic mass is 9.98. The molecule has 0 spiro atoms. The number of nitrogens with one attached hydrogen (secondary N) is 1. The number of aryl methyl sites for hydroxylation is 1. The van der Waals surface area contributed by atoms with E-state index in [1.54, 1.807) is 16.9 Å². The van der Waals surface area contributed by atoms with Gasteiger partial charge in [0.1, 0.15) is 5.69 Å². The Bertz CT molecular complexity index is 707. The number of carboxylic acid groups (broad SMARTS) is 1. The van der Waals surface area contributed by atoms with Crippen molar-refractivity contribution >= 4 is 11.9 Å². The summed E-state index contributed by atoms with van der Waals surface area (Å²) in [7, 11) is 0. The van der Waals surface area contributed by atoms with Crippen molar-refractivity contribution in [2.24, 2.45) is 0 Å². The number of carboxylic acids is 1. The summed E-state index contributed by atoms with van der Waals surface area (Å²) in [5, 5.41) is 16.1. The van der Waals surface area contributed by atoms with E-state index >= 15 is 0 Å². The summed E-state index contributed by atoms with van der Waals surface area (Å²) in [6.45, 7) is 5.83. The van der Waals surface area contributed by atoms with Gasteiger partial charge in [0, 0.05) is 12.2 Å². The highest BCUT2D eigenvalue weighted by Crippen LogP contribution is 2.21. The maximum Gasteiger partial charge on any atom is 0.305 e. The fraction of sp³-hybridized carbons (Fsp3) is 0.353. The van der Waals surface area contributed by atoms with Gasteiger partial charge in [-0.2, -0.15) is 5.10 Å². The van der Waals surface area contributed by atoms with Crippen molar-refractivity contribution in [3.8, 4) is 0 Å². The van der Waals surface area contributed by atoms with E-state index < -0.39 is 12.0 Å². The van der Waals surface area contributed by atoms with E-state index in [0.29, 0.717) is 0 Å². The quantitative estimate of drug-likeness (QED) is 0.858. The van der Waals surface area contributed by atoms with Gasteiger partial charge in [-0.25, -0.2) is 0 Å². The number of nitrogens with zero attached hydrogens (tertiary/aromatic N) is 2. The van der Waals surface area contributed by atoms with Crippen LogP contribution in [0.15, 0.2) is 36.5 Å². The van der Waals surface area contributed by atoms with Gasteiger partial charge in [-0.1, -0.05) is 24.3 Å². The molecule has 0 fully saturated rings. The number of amides is 1. The number of carbonyl (C=O) groups is 2. The Balaban J connectivity index is 2.21.